The van der Waals surface area contributed by atoms with Gasteiger partial charge >= 0.3 is 0 Å². The van der Waals surface area contributed by atoms with Crippen LogP contribution in [0.25, 0.3) is 0 Å². The van der Waals surface area contributed by atoms with E-state index in [4.69, 9.17) is 4.74 Å². The summed E-state index contributed by atoms with van der Waals surface area (Å²) >= 11 is 0. The molecule has 0 radical (unpaired) electrons. The fourth-order valence-corrected chi connectivity index (χ4v) is 3.69. The number of ether oxygens (including phenoxy) is 1. The van der Waals surface area contributed by atoms with Crippen LogP contribution in [0.3, 0.4) is 0 Å². The Balaban J connectivity index is 1.51. The number of hydrogen-bond acceptors (Lipinski definition) is 2. The molecule has 3 aliphatic rings. The van der Waals surface area contributed by atoms with Gasteiger partial charge in [0.1, 0.15) is 0 Å². The van der Waals surface area contributed by atoms with Gasteiger partial charge in [0.15, 0.2) is 0 Å². The first kappa shape index (κ1) is 10.1. The van der Waals surface area contributed by atoms with Crippen molar-refractivity contribution in [3.8, 4) is 0 Å². The summed E-state index contributed by atoms with van der Waals surface area (Å²) in [7, 11) is 0. The molecule has 0 N–H and O–H groups in total. The molecule has 3 fully saturated rings. The van der Waals surface area contributed by atoms with Gasteiger partial charge in [0.25, 0.3) is 0 Å². The van der Waals surface area contributed by atoms with Crippen molar-refractivity contribution >= 4 is 0 Å². The van der Waals surface area contributed by atoms with Gasteiger partial charge in [-0.05, 0) is 57.0 Å². The summed E-state index contributed by atoms with van der Waals surface area (Å²) in [5.74, 6) is 0. The van der Waals surface area contributed by atoms with Gasteiger partial charge in [-0.2, -0.15) is 0 Å². The highest BCUT2D eigenvalue weighted by Crippen LogP contribution is 2.50. The van der Waals surface area contributed by atoms with E-state index in [2.05, 4.69) is 4.90 Å². The van der Waals surface area contributed by atoms with Crippen LogP contribution in [0.2, 0.25) is 0 Å². The second-order valence-electron chi connectivity index (χ2n) is 5.77. The summed E-state index contributed by atoms with van der Waals surface area (Å²) in [6.07, 6.45) is 9.93. The number of piperidine rings is 1. The second kappa shape index (κ2) is 4.06. The van der Waals surface area contributed by atoms with Crippen molar-refractivity contribution < 1.29 is 4.74 Å². The zero-order valence-electron chi connectivity index (χ0n) is 9.71. The molecule has 2 heterocycles. The minimum atomic E-state index is 0.709. The van der Waals surface area contributed by atoms with Crippen molar-refractivity contribution in [1.29, 1.82) is 0 Å². The fourth-order valence-electron chi connectivity index (χ4n) is 3.69. The lowest BCUT2D eigenvalue weighted by Gasteiger charge is -2.54. The Morgan fingerprint density at radius 3 is 2.27 bits per heavy atom. The molecule has 86 valence electrons. The largest absolute Gasteiger partial charge is 0.381 e. The predicted octanol–water partition coefficient (Wildman–Crippen LogP) is 2.43. The molecule has 1 saturated carbocycles. The molecule has 1 aliphatic carbocycles. The van der Waals surface area contributed by atoms with Crippen molar-refractivity contribution in [3.05, 3.63) is 0 Å². The lowest BCUT2D eigenvalue weighted by molar-refractivity contribution is -0.0792. The van der Waals surface area contributed by atoms with E-state index >= 15 is 0 Å². The minimum absolute atomic E-state index is 0.709. The maximum absolute atomic E-state index is 5.47. The Bertz CT molecular complexity index is 209. The summed E-state index contributed by atoms with van der Waals surface area (Å²) in [5.41, 5.74) is 0.709. The standard InChI is InChI=1S/C13H23NO/c1-2-6-14(7-3-1)12-10-13(11-12)4-8-15-9-5-13/h12H,1-11H2. The van der Waals surface area contributed by atoms with E-state index in [1.807, 2.05) is 0 Å². The second-order valence-corrected chi connectivity index (χ2v) is 5.77. The summed E-state index contributed by atoms with van der Waals surface area (Å²) in [4.78, 5) is 2.75. The van der Waals surface area contributed by atoms with Gasteiger partial charge < -0.3 is 9.64 Å². The molecule has 1 spiro atoms. The van der Waals surface area contributed by atoms with Crippen molar-refractivity contribution in [3.63, 3.8) is 0 Å². The fraction of sp³-hybridized carbons (Fsp3) is 1.00. The smallest absolute Gasteiger partial charge is 0.0471 e. The van der Waals surface area contributed by atoms with Gasteiger partial charge in [-0.25, -0.2) is 0 Å². The van der Waals surface area contributed by atoms with Crippen LogP contribution in [-0.4, -0.2) is 37.2 Å². The predicted molar refractivity (Wildman–Crippen MR) is 60.9 cm³/mol. The Labute approximate surface area is 93.0 Å². The maximum atomic E-state index is 5.47. The quantitative estimate of drug-likeness (QED) is 0.657. The van der Waals surface area contributed by atoms with Gasteiger partial charge in [-0.1, -0.05) is 6.42 Å². The summed E-state index contributed by atoms with van der Waals surface area (Å²) in [6.45, 7) is 4.79. The van der Waals surface area contributed by atoms with Crippen LogP contribution in [-0.2, 0) is 4.74 Å². The third-order valence-corrected chi connectivity index (χ3v) is 4.80. The molecule has 0 aromatic rings. The molecule has 0 unspecified atom stereocenters. The van der Waals surface area contributed by atoms with Crippen LogP contribution in [0.5, 0.6) is 0 Å². The SMILES string of the molecule is C1CCN(C2CC3(CCOCC3)C2)CC1. The van der Waals surface area contributed by atoms with E-state index in [1.165, 1.54) is 58.0 Å². The van der Waals surface area contributed by atoms with Gasteiger partial charge in [-0.3, -0.25) is 0 Å². The highest BCUT2D eigenvalue weighted by atomic mass is 16.5. The number of nitrogens with zero attached hydrogens (tertiary/aromatic N) is 1. The molecule has 0 atom stereocenters. The lowest BCUT2D eigenvalue weighted by Crippen LogP contribution is -2.54. The summed E-state index contributed by atoms with van der Waals surface area (Å²) in [5, 5.41) is 0. The summed E-state index contributed by atoms with van der Waals surface area (Å²) in [6, 6.07) is 0.934. The first-order chi connectivity index (χ1) is 7.38. The van der Waals surface area contributed by atoms with Crippen molar-refractivity contribution in [2.45, 2.75) is 51.0 Å². The van der Waals surface area contributed by atoms with E-state index in [-0.39, 0.29) is 0 Å². The third kappa shape index (κ3) is 1.94. The zero-order valence-corrected chi connectivity index (χ0v) is 9.71. The lowest BCUT2D eigenvalue weighted by atomic mass is 9.60. The van der Waals surface area contributed by atoms with Crippen molar-refractivity contribution in [1.82, 2.24) is 4.90 Å². The van der Waals surface area contributed by atoms with Crippen LogP contribution in [0.4, 0.5) is 0 Å². The van der Waals surface area contributed by atoms with Crippen molar-refractivity contribution in [2.75, 3.05) is 26.3 Å². The normalized spacial score (nSPS) is 32.8. The average molecular weight is 209 g/mol. The topological polar surface area (TPSA) is 12.5 Å². The monoisotopic (exact) mass is 209 g/mol. The minimum Gasteiger partial charge on any atom is -0.381 e. The molecule has 2 aliphatic heterocycles. The zero-order chi connectivity index (χ0) is 10.1. The molecule has 3 rings (SSSR count). The molecule has 0 aromatic carbocycles. The molecule has 2 heteroatoms. The van der Waals surface area contributed by atoms with Crippen molar-refractivity contribution in [2.24, 2.45) is 5.41 Å². The van der Waals surface area contributed by atoms with Gasteiger partial charge in [0.2, 0.25) is 0 Å². The Morgan fingerprint density at radius 2 is 1.60 bits per heavy atom. The van der Waals surface area contributed by atoms with E-state index < -0.39 is 0 Å². The van der Waals surface area contributed by atoms with Crippen LogP contribution in [0.1, 0.15) is 44.9 Å². The van der Waals surface area contributed by atoms with Crippen LogP contribution >= 0.6 is 0 Å². The van der Waals surface area contributed by atoms with Crippen LogP contribution in [0.15, 0.2) is 0 Å². The molecule has 0 bridgehead atoms. The third-order valence-electron chi connectivity index (χ3n) is 4.80. The maximum Gasteiger partial charge on any atom is 0.0471 e. The molecular weight excluding hydrogens is 186 g/mol. The first-order valence-corrected chi connectivity index (χ1v) is 6.70. The Hall–Kier alpha value is -0.0800. The van der Waals surface area contributed by atoms with Crippen LogP contribution < -0.4 is 0 Å². The molecule has 2 saturated heterocycles. The number of hydrogen-bond donors (Lipinski definition) is 0. The van der Waals surface area contributed by atoms with Gasteiger partial charge in [0.05, 0.1) is 0 Å². The Kier molecular flexibility index (Phi) is 2.73. The molecule has 2 nitrogen and oxygen atoms in total. The summed E-state index contributed by atoms with van der Waals surface area (Å²) < 4.78 is 5.47. The molecular formula is C13H23NO. The van der Waals surface area contributed by atoms with Gasteiger partial charge in [-0.15, -0.1) is 0 Å². The van der Waals surface area contributed by atoms with E-state index in [9.17, 15) is 0 Å². The average Bonchev–Trinajstić information content (AvgIpc) is 2.28. The number of likely N-dealkylation sites (tertiary alicyclic amines) is 1. The van der Waals surface area contributed by atoms with E-state index in [0.717, 1.165) is 19.3 Å². The first-order valence-electron chi connectivity index (χ1n) is 6.70. The highest BCUT2D eigenvalue weighted by Gasteiger charge is 2.46. The van der Waals surface area contributed by atoms with Gasteiger partial charge in [0, 0.05) is 19.3 Å². The molecule has 15 heavy (non-hydrogen) atoms. The molecule has 0 aromatic heterocycles. The highest BCUT2D eigenvalue weighted by molar-refractivity contribution is 4.99. The Morgan fingerprint density at radius 1 is 0.933 bits per heavy atom. The number of rotatable bonds is 1. The van der Waals surface area contributed by atoms with E-state index in [1.54, 1.807) is 0 Å². The van der Waals surface area contributed by atoms with E-state index in [0.29, 0.717) is 5.41 Å². The molecule has 0 amide bonds. The van der Waals surface area contributed by atoms with Crippen LogP contribution in [0, 0.1) is 5.41 Å².